The summed E-state index contributed by atoms with van der Waals surface area (Å²) in [6.45, 7) is 3.82. The Kier molecular flexibility index (Phi) is 4.50. The fourth-order valence-corrected chi connectivity index (χ4v) is 3.17. The van der Waals surface area contributed by atoms with Gasteiger partial charge in [-0.1, -0.05) is 23.4 Å². The van der Waals surface area contributed by atoms with Crippen molar-refractivity contribution in [3.05, 3.63) is 65.5 Å². The molecule has 3 aromatic rings. The van der Waals surface area contributed by atoms with E-state index in [1.165, 1.54) is 6.26 Å². The van der Waals surface area contributed by atoms with E-state index in [0.717, 1.165) is 5.56 Å². The number of aryl methyl sites for hydroxylation is 1. The maximum atomic E-state index is 12.7. The predicted molar refractivity (Wildman–Crippen MR) is 97.2 cm³/mol. The van der Waals surface area contributed by atoms with E-state index in [1.807, 2.05) is 31.2 Å². The number of amides is 2. The Morgan fingerprint density at radius 1 is 0.926 bits per heavy atom. The highest BCUT2D eigenvalue weighted by atomic mass is 16.5. The molecule has 1 aliphatic rings. The van der Waals surface area contributed by atoms with Gasteiger partial charge in [0.2, 0.25) is 5.76 Å². The molecule has 3 heterocycles. The van der Waals surface area contributed by atoms with Crippen LogP contribution in [-0.2, 0) is 0 Å². The third kappa shape index (κ3) is 3.36. The van der Waals surface area contributed by atoms with Crippen LogP contribution in [0.25, 0.3) is 11.5 Å². The van der Waals surface area contributed by atoms with Crippen molar-refractivity contribution in [2.75, 3.05) is 26.2 Å². The van der Waals surface area contributed by atoms with Crippen LogP contribution in [0.5, 0.6) is 0 Å². The molecule has 0 atom stereocenters. The lowest BCUT2D eigenvalue weighted by Crippen LogP contribution is -2.50. The summed E-state index contributed by atoms with van der Waals surface area (Å²) in [5.41, 5.74) is 1.89. The van der Waals surface area contributed by atoms with Crippen molar-refractivity contribution in [3.63, 3.8) is 0 Å². The lowest BCUT2D eigenvalue weighted by atomic mass is 10.1. The van der Waals surface area contributed by atoms with E-state index in [4.69, 9.17) is 8.94 Å². The number of piperazine rings is 1. The topological polar surface area (TPSA) is 79.8 Å². The molecule has 0 aliphatic carbocycles. The molecule has 0 spiro atoms. The maximum Gasteiger partial charge on any atom is 0.276 e. The first-order valence-electron chi connectivity index (χ1n) is 8.78. The lowest BCUT2D eigenvalue weighted by molar-refractivity contribution is 0.0529. The molecular formula is C20H19N3O4. The summed E-state index contributed by atoms with van der Waals surface area (Å²) < 4.78 is 10.4. The van der Waals surface area contributed by atoms with Crippen LogP contribution in [-0.4, -0.2) is 52.9 Å². The largest absolute Gasteiger partial charge is 0.461 e. The van der Waals surface area contributed by atoms with E-state index in [-0.39, 0.29) is 17.5 Å². The summed E-state index contributed by atoms with van der Waals surface area (Å²) in [7, 11) is 0. The number of furan rings is 1. The average molecular weight is 365 g/mol. The van der Waals surface area contributed by atoms with Crippen molar-refractivity contribution in [2.45, 2.75) is 6.92 Å². The summed E-state index contributed by atoms with van der Waals surface area (Å²) in [4.78, 5) is 28.8. The van der Waals surface area contributed by atoms with Gasteiger partial charge in [-0.05, 0) is 30.7 Å². The minimum Gasteiger partial charge on any atom is -0.461 e. The molecule has 7 nitrogen and oxygen atoms in total. The van der Waals surface area contributed by atoms with Gasteiger partial charge in [0.15, 0.2) is 11.5 Å². The molecule has 1 fully saturated rings. The van der Waals surface area contributed by atoms with Gasteiger partial charge < -0.3 is 18.7 Å². The molecule has 0 radical (unpaired) electrons. The maximum absolute atomic E-state index is 12.7. The second kappa shape index (κ2) is 7.11. The summed E-state index contributed by atoms with van der Waals surface area (Å²) in [5.74, 6) is 0.730. The molecule has 1 aromatic carbocycles. The Morgan fingerprint density at radius 3 is 2.30 bits per heavy atom. The monoisotopic (exact) mass is 365 g/mol. The number of hydrogen-bond donors (Lipinski definition) is 0. The summed E-state index contributed by atoms with van der Waals surface area (Å²) in [6.07, 6.45) is 1.53. The molecule has 27 heavy (non-hydrogen) atoms. The van der Waals surface area contributed by atoms with E-state index in [1.54, 1.807) is 28.0 Å². The van der Waals surface area contributed by atoms with E-state index in [0.29, 0.717) is 43.3 Å². The molecule has 138 valence electrons. The molecule has 2 aromatic heterocycles. The molecule has 0 bridgehead atoms. The summed E-state index contributed by atoms with van der Waals surface area (Å²) in [6, 6.07) is 12.6. The van der Waals surface area contributed by atoms with Crippen molar-refractivity contribution < 1.29 is 18.5 Å². The van der Waals surface area contributed by atoms with Crippen molar-refractivity contribution in [1.82, 2.24) is 15.0 Å². The second-order valence-electron chi connectivity index (χ2n) is 6.45. The van der Waals surface area contributed by atoms with Gasteiger partial charge in [-0.2, -0.15) is 0 Å². The van der Waals surface area contributed by atoms with Gasteiger partial charge in [0.25, 0.3) is 11.8 Å². The standard InChI is InChI=1S/C20H19N3O4/c1-14-5-2-3-6-15(14)19(24)22-8-10-23(11-9-22)20(25)16-13-18(27-21-16)17-7-4-12-26-17/h2-7,12-13H,8-11H2,1H3. The summed E-state index contributed by atoms with van der Waals surface area (Å²) >= 11 is 0. The van der Waals surface area contributed by atoms with Gasteiger partial charge in [-0.15, -0.1) is 0 Å². The molecule has 2 amide bonds. The highest BCUT2D eigenvalue weighted by Gasteiger charge is 2.27. The highest BCUT2D eigenvalue weighted by molar-refractivity contribution is 5.96. The molecular weight excluding hydrogens is 346 g/mol. The van der Waals surface area contributed by atoms with Crippen LogP contribution >= 0.6 is 0 Å². The van der Waals surface area contributed by atoms with Crippen LogP contribution < -0.4 is 0 Å². The number of hydrogen-bond acceptors (Lipinski definition) is 5. The first-order chi connectivity index (χ1) is 13.1. The first kappa shape index (κ1) is 17.1. The number of carbonyl (C=O) groups excluding carboxylic acids is 2. The van der Waals surface area contributed by atoms with Crippen LogP contribution in [0.1, 0.15) is 26.4 Å². The SMILES string of the molecule is Cc1ccccc1C(=O)N1CCN(C(=O)c2cc(-c3ccco3)on2)CC1. The van der Waals surface area contributed by atoms with Gasteiger partial charge in [-0.3, -0.25) is 9.59 Å². The van der Waals surface area contributed by atoms with Crippen LogP contribution in [0, 0.1) is 6.92 Å². The minimum atomic E-state index is -0.209. The molecule has 0 saturated carbocycles. The highest BCUT2D eigenvalue weighted by Crippen LogP contribution is 2.21. The van der Waals surface area contributed by atoms with Gasteiger partial charge in [0.1, 0.15) is 0 Å². The fraction of sp³-hybridized carbons (Fsp3) is 0.250. The van der Waals surface area contributed by atoms with Crippen LogP contribution in [0.4, 0.5) is 0 Å². The van der Waals surface area contributed by atoms with Crippen LogP contribution in [0.15, 0.2) is 57.7 Å². The van der Waals surface area contributed by atoms with Gasteiger partial charge in [-0.25, -0.2) is 0 Å². The number of rotatable bonds is 3. The Labute approximate surface area is 156 Å². The fourth-order valence-electron chi connectivity index (χ4n) is 3.17. The van der Waals surface area contributed by atoms with Gasteiger partial charge in [0.05, 0.1) is 6.26 Å². The molecule has 1 saturated heterocycles. The Morgan fingerprint density at radius 2 is 1.63 bits per heavy atom. The number of carbonyl (C=O) groups is 2. The Hall–Kier alpha value is -3.35. The van der Waals surface area contributed by atoms with Crippen molar-refractivity contribution in [2.24, 2.45) is 0 Å². The minimum absolute atomic E-state index is 0.00161. The van der Waals surface area contributed by atoms with Gasteiger partial charge >= 0.3 is 0 Å². The molecule has 4 rings (SSSR count). The lowest BCUT2D eigenvalue weighted by Gasteiger charge is -2.34. The molecule has 1 aliphatic heterocycles. The molecule has 0 unspecified atom stereocenters. The zero-order chi connectivity index (χ0) is 18.8. The average Bonchev–Trinajstić information content (AvgIpc) is 3.39. The predicted octanol–water partition coefficient (Wildman–Crippen LogP) is 2.84. The first-order valence-corrected chi connectivity index (χ1v) is 8.78. The third-order valence-corrected chi connectivity index (χ3v) is 4.72. The van der Waals surface area contributed by atoms with E-state index in [9.17, 15) is 9.59 Å². The zero-order valence-electron chi connectivity index (χ0n) is 14.9. The zero-order valence-corrected chi connectivity index (χ0v) is 14.9. The van der Waals surface area contributed by atoms with E-state index in [2.05, 4.69) is 5.16 Å². The number of benzene rings is 1. The molecule has 7 heteroatoms. The van der Waals surface area contributed by atoms with Crippen molar-refractivity contribution in [1.29, 1.82) is 0 Å². The second-order valence-corrected chi connectivity index (χ2v) is 6.45. The Balaban J connectivity index is 1.40. The van der Waals surface area contributed by atoms with Crippen molar-refractivity contribution >= 4 is 11.8 Å². The summed E-state index contributed by atoms with van der Waals surface area (Å²) in [5, 5.41) is 3.85. The van der Waals surface area contributed by atoms with E-state index < -0.39 is 0 Å². The normalized spacial score (nSPS) is 14.4. The van der Waals surface area contributed by atoms with Crippen molar-refractivity contribution in [3.8, 4) is 11.5 Å². The Bertz CT molecular complexity index is 953. The molecule has 0 N–H and O–H groups in total. The van der Waals surface area contributed by atoms with Crippen LogP contribution in [0.3, 0.4) is 0 Å². The number of aromatic nitrogens is 1. The third-order valence-electron chi connectivity index (χ3n) is 4.72. The van der Waals surface area contributed by atoms with Crippen LogP contribution in [0.2, 0.25) is 0 Å². The smallest absolute Gasteiger partial charge is 0.276 e. The van der Waals surface area contributed by atoms with E-state index >= 15 is 0 Å². The van der Waals surface area contributed by atoms with Gasteiger partial charge in [0, 0.05) is 37.8 Å². The number of nitrogens with zero attached hydrogens (tertiary/aromatic N) is 3. The quantitative estimate of drug-likeness (QED) is 0.713.